The molecule has 0 aromatic rings. The molecular weight excluding hydrogens is 442 g/mol. The zero-order valence-corrected chi connectivity index (χ0v) is 17.2. The van der Waals surface area contributed by atoms with Gasteiger partial charge in [-0.05, 0) is 0 Å². The Morgan fingerprint density at radius 1 is 0.789 bits per heavy atom. The quantitative estimate of drug-likeness (QED) is 0.427. The summed E-state index contributed by atoms with van der Waals surface area (Å²) in [6, 6.07) is 0. The minimum atomic E-state index is -2.70. The molecule has 0 amide bonds. The summed E-state index contributed by atoms with van der Waals surface area (Å²) < 4.78 is 6.93. The van der Waals surface area contributed by atoms with Crippen LogP contribution in [0.2, 0.25) is 0 Å². The van der Waals surface area contributed by atoms with Gasteiger partial charge in [0.25, 0.3) is 0 Å². The number of hydrogen-bond acceptors (Lipinski definition) is 0. The summed E-state index contributed by atoms with van der Waals surface area (Å²) in [6.07, 6.45) is 16.3. The molecule has 0 bridgehead atoms. The Bertz CT molecular complexity index is 514. The molecular formula is C16H22Cl2Hf. The summed E-state index contributed by atoms with van der Waals surface area (Å²) in [5.74, 6) is 0. The first-order chi connectivity index (χ1) is 8.10. The second-order valence-corrected chi connectivity index (χ2v) is 22.6. The predicted octanol–water partition coefficient (Wildman–Crippen LogP) is -1.74. The zero-order valence-electron chi connectivity index (χ0n) is 12.1. The third-order valence-electron chi connectivity index (χ3n) is 4.01. The molecule has 0 nitrogen and oxygen atoms in total. The molecule has 19 heavy (non-hydrogen) atoms. The summed E-state index contributed by atoms with van der Waals surface area (Å²) >= 11 is -2.70. The van der Waals surface area contributed by atoms with Crippen molar-refractivity contribution < 1.29 is 43.8 Å². The predicted molar refractivity (Wildman–Crippen MR) is 76.4 cm³/mol. The van der Waals surface area contributed by atoms with E-state index in [-0.39, 0.29) is 24.8 Å². The van der Waals surface area contributed by atoms with E-state index in [0.29, 0.717) is 0 Å². The van der Waals surface area contributed by atoms with Gasteiger partial charge in [-0.2, -0.15) is 0 Å². The van der Waals surface area contributed by atoms with Gasteiger partial charge in [-0.1, -0.05) is 0 Å². The van der Waals surface area contributed by atoms with E-state index in [1.54, 1.807) is 13.2 Å². The van der Waals surface area contributed by atoms with Crippen molar-refractivity contribution in [2.45, 2.75) is 40.5 Å². The van der Waals surface area contributed by atoms with Crippen molar-refractivity contribution >= 4 is 6.51 Å². The van der Waals surface area contributed by atoms with Gasteiger partial charge < -0.3 is 24.8 Å². The van der Waals surface area contributed by atoms with E-state index >= 15 is 0 Å². The van der Waals surface area contributed by atoms with E-state index in [1.807, 2.05) is 0 Å². The van der Waals surface area contributed by atoms with Crippen molar-refractivity contribution in [2.75, 3.05) is 0 Å². The Balaban J connectivity index is 0.00000162. The van der Waals surface area contributed by atoms with Crippen LogP contribution < -0.4 is 24.8 Å². The molecule has 2 aliphatic rings. The van der Waals surface area contributed by atoms with Crippen molar-refractivity contribution in [1.29, 1.82) is 0 Å². The Hall–Kier alpha value is 0.150. The third kappa shape index (κ3) is 3.25. The Morgan fingerprint density at radius 2 is 1.16 bits per heavy atom. The number of allylic oxidation sites excluding steroid dienone is 8. The summed E-state index contributed by atoms with van der Waals surface area (Å²) in [6.45, 7) is 9.47. The molecule has 2 rings (SSSR count). The fraction of sp³-hybridized carbons (Fsp3) is 0.375. The zero-order chi connectivity index (χ0) is 12.5. The van der Waals surface area contributed by atoms with Crippen LogP contribution in [0.3, 0.4) is 0 Å². The molecule has 0 aromatic carbocycles. The monoisotopic (exact) mass is 464 g/mol. The minimum absolute atomic E-state index is 0. The van der Waals surface area contributed by atoms with Gasteiger partial charge in [-0.15, -0.1) is 0 Å². The van der Waals surface area contributed by atoms with E-state index in [0.717, 1.165) is 0 Å². The fourth-order valence-electron chi connectivity index (χ4n) is 3.44. The maximum atomic E-state index is 2.40. The SMILES string of the molecule is C[C](C)=[Hf+2]([C]1=CC=CC1)([C]1=CC=CC1)=[C](C)C.[Cl-].[Cl-]. The van der Waals surface area contributed by atoms with Crippen molar-refractivity contribution in [1.82, 2.24) is 0 Å². The molecule has 0 saturated carbocycles. The number of hydrogen-bond donors (Lipinski definition) is 0. The van der Waals surface area contributed by atoms with Gasteiger partial charge in [0.15, 0.2) is 0 Å². The second-order valence-electron chi connectivity index (χ2n) is 5.40. The fourth-order valence-corrected chi connectivity index (χ4v) is 23.3. The van der Waals surface area contributed by atoms with E-state index in [9.17, 15) is 0 Å². The molecule has 0 aromatic heterocycles. The molecule has 0 unspecified atom stereocenters. The topological polar surface area (TPSA) is 0 Å². The van der Waals surface area contributed by atoms with Crippen LogP contribution >= 0.6 is 0 Å². The van der Waals surface area contributed by atoms with E-state index in [2.05, 4.69) is 64.2 Å². The molecule has 2 aliphatic carbocycles. The van der Waals surface area contributed by atoms with Gasteiger partial charge in [0.05, 0.1) is 0 Å². The number of rotatable bonds is 2. The van der Waals surface area contributed by atoms with Gasteiger partial charge in [0.2, 0.25) is 0 Å². The maximum absolute atomic E-state index is 2.70. The summed E-state index contributed by atoms with van der Waals surface area (Å²) in [4.78, 5) is 0. The first kappa shape index (κ1) is 19.2. The molecule has 104 valence electrons. The van der Waals surface area contributed by atoms with Crippen molar-refractivity contribution in [3.63, 3.8) is 0 Å². The second kappa shape index (κ2) is 7.81. The average molecular weight is 464 g/mol. The van der Waals surface area contributed by atoms with Gasteiger partial charge in [0, 0.05) is 0 Å². The first-order valence-electron chi connectivity index (χ1n) is 6.43. The normalized spacial score (nSPS) is 14.7. The van der Waals surface area contributed by atoms with Crippen LogP contribution in [0.15, 0.2) is 43.1 Å². The van der Waals surface area contributed by atoms with Crippen LogP contribution in [-0.2, 0) is 19.0 Å². The minimum Gasteiger partial charge on any atom is -1.00 e. The van der Waals surface area contributed by atoms with Crippen LogP contribution in [0.25, 0.3) is 0 Å². The molecule has 0 heterocycles. The van der Waals surface area contributed by atoms with E-state index < -0.39 is 19.0 Å². The van der Waals surface area contributed by atoms with Crippen LogP contribution in [0, 0.1) is 0 Å². The van der Waals surface area contributed by atoms with Gasteiger partial charge in [0.1, 0.15) is 0 Å². The third-order valence-corrected chi connectivity index (χ3v) is 24.4. The molecule has 0 aliphatic heterocycles. The summed E-state index contributed by atoms with van der Waals surface area (Å²) in [7, 11) is 0. The molecule has 0 atom stereocenters. The molecule has 0 fully saturated rings. The maximum Gasteiger partial charge on any atom is -1.00 e. The standard InChI is InChI=1S/2C5H5.2C3H6.2ClH.Hf/c2*1-2-4-5-3-1;2*1-3-2;;;/h2*1-3H,4H2;2*1-2H3;2*1H;/q;;;;;;+2/p-2. The van der Waals surface area contributed by atoms with Crippen molar-refractivity contribution in [3.05, 3.63) is 43.1 Å². The molecule has 0 N–H and O–H groups in total. The summed E-state index contributed by atoms with van der Waals surface area (Å²) in [5, 5.41) is 0. The van der Waals surface area contributed by atoms with Crippen LogP contribution in [0.4, 0.5) is 0 Å². The van der Waals surface area contributed by atoms with Gasteiger partial charge in [-0.3, -0.25) is 0 Å². The Kier molecular flexibility index (Phi) is 7.87. The van der Waals surface area contributed by atoms with E-state index in [4.69, 9.17) is 0 Å². The average Bonchev–Trinajstić information content (AvgIpc) is 2.88. The number of halogens is 2. The van der Waals surface area contributed by atoms with Gasteiger partial charge >= 0.3 is 109 Å². The Labute approximate surface area is 133 Å². The van der Waals surface area contributed by atoms with Crippen LogP contribution in [0.5, 0.6) is 0 Å². The molecule has 0 spiro atoms. The van der Waals surface area contributed by atoms with Crippen LogP contribution in [-0.4, -0.2) is 6.51 Å². The van der Waals surface area contributed by atoms with Crippen molar-refractivity contribution in [2.24, 2.45) is 0 Å². The van der Waals surface area contributed by atoms with E-state index in [1.165, 1.54) is 12.8 Å². The van der Waals surface area contributed by atoms with Crippen molar-refractivity contribution in [3.8, 4) is 0 Å². The Morgan fingerprint density at radius 3 is 1.37 bits per heavy atom. The molecule has 3 heteroatoms. The largest absolute Gasteiger partial charge is 1.00 e. The molecule has 0 saturated heterocycles. The molecule has 0 radical (unpaired) electrons. The smallest absolute Gasteiger partial charge is 1.00 e. The summed E-state index contributed by atoms with van der Waals surface area (Å²) in [5.41, 5.74) is 0. The van der Waals surface area contributed by atoms with Gasteiger partial charge in [-0.25, -0.2) is 0 Å². The first-order valence-corrected chi connectivity index (χ1v) is 13.6. The van der Waals surface area contributed by atoms with Crippen LogP contribution in [0.1, 0.15) is 40.5 Å².